The summed E-state index contributed by atoms with van der Waals surface area (Å²) in [5.74, 6) is -0.157. The summed E-state index contributed by atoms with van der Waals surface area (Å²) in [4.78, 5) is 22.8. The highest BCUT2D eigenvalue weighted by molar-refractivity contribution is 6.01. The van der Waals surface area contributed by atoms with E-state index in [9.17, 15) is 9.59 Å². The van der Waals surface area contributed by atoms with Crippen molar-refractivity contribution in [3.05, 3.63) is 0 Å². The van der Waals surface area contributed by atoms with Crippen LogP contribution in [-0.2, 0) is 9.59 Å². The standard InChI is InChI=1S/C20H38N2O2/c1-2-3-4-5-6-7-8-9-10-11-12-13-14-15-18-21-22-19(23)16-17-20(22)24/h21H,2-18H2,1H3. The zero-order chi connectivity index (χ0) is 17.5. The normalized spacial score (nSPS) is 14.8. The Kier molecular flexibility index (Phi) is 12.7. The fraction of sp³-hybridized carbons (Fsp3) is 0.900. The molecule has 1 rings (SSSR count). The number of rotatable bonds is 16. The number of nitrogens with zero attached hydrogens (tertiary/aromatic N) is 1. The minimum Gasteiger partial charge on any atom is -0.273 e. The van der Waals surface area contributed by atoms with Gasteiger partial charge in [0.05, 0.1) is 0 Å². The van der Waals surface area contributed by atoms with Crippen LogP contribution in [0.15, 0.2) is 0 Å². The summed E-state index contributed by atoms with van der Waals surface area (Å²) in [7, 11) is 0. The Morgan fingerprint density at radius 1 is 0.667 bits per heavy atom. The average molecular weight is 339 g/mol. The largest absolute Gasteiger partial charge is 0.273 e. The predicted molar refractivity (Wildman–Crippen MR) is 99.4 cm³/mol. The summed E-state index contributed by atoms with van der Waals surface area (Å²) in [5, 5.41) is 1.21. The van der Waals surface area contributed by atoms with Gasteiger partial charge in [-0.2, -0.15) is 0 Å². The first-order valence-corrected chi connectivity index (χ1v) is 10.3. The van der Waals surface area contributed by atoms with Gasteiger partial charge in [0.1, 0.15) is 0 Å². The fourth-order valence-corrected chi connectivity index (χ4v) is 3.26. The Morgan fingerprint density at radius 2 is 1.04 bits per heavy atom. The van der Waals surface area contributed by atoms with E-state index < -0.39 is 0 Å². The molecule has 0 bridgehead atoms. The maximum Gasteiger partial charge on any atom is 0.244 e. The lowest BCUT2D eigenvalue weighted by Crippen LogP contribution is -2.42. The minimum absolute atomic E-state index is 0.0784. The summed E-state index contributed by atoms with van der Waals surface area (Å²) in [6.07, 6.45) is 19.5. The van der Waals surface area contributed by atoms with Crippen LogP contribution in [0.1, 0.15) is 110 Å². The van der Waals surface area contributed by atoms with Gasteiger partial charge in [-0.1, -0.05) is 90.4 Å². The van der Waals surface area contributed by atoms with Crippen molar-refractivity contribution in [1.29, 1.82) is 0 Å². The molecule has 0 saturated carbocycles. The first kappa shape index (κ1) is 21.1. The van der Waals surface area contributed by atoms with E-state index in [0.29, 0.717) is 12.8 Å². The second-order valence-electron chi connectivity index (χ2n) is 7.13. The van der Waals surface area contributed by atoms with E-state index in [-0.39, 0.29) is 11.8 Å². The maximum absolute atomic E-state index is 11.4. The molecular weight excluding hydrogens is 300 g/mol. The van der Waals surface area contributed by atoms with Gasteiger partial charge in [0.2, 0.25) is 11.8 Å². The van der Waals surface area contributed by atoms with Crippen molar-refractivity contribution in [3.63, 3.8) is 0 Å². The van der Waals surface area contributed by atoms with Crippen molar-refractivity contribution in [1.82, 2.24) is 10.4 Å². The Morgan fingerprint density at radius 3 is 1.46 bits per heavy atom. The van der Waals surface area contributed by atoms with Crippen molar-refractivity contribution in [3.8, 4) is 0 Å². The number of unbranched alkanes of at least 4 members (excludes halogenated alkanes) is 13. The molecular formula is C20H38N2O2. The molecule has 1 aliphatic rings. The molecule has 0 aromatic heterocycles. The van der Waals surface area contributed by atoms with E-state index in [0.717, 1.165) is 13.0 Å². The molecule has 0 radical (unpaired) electrons. The van der Waals surface area contributed by atoms with Crippen LogP contribution in [-0.4, -0.2) is 23.4 Å². The highest BCUT2D eigenvalue weighted by Gasteiger charge is 2.28. The van der Waals surface area contributed by atoms with Gasteiger partial charge >= 0.3 is 0 Å². The summed E-state index contributed by atoms with van der Waals surface area (Å²) < 4.78 is 0. The Balaban J connectivity index is 1.75. The van der Waals surface area contributed by atoms with Crippen molar-refractivity contribution in [2.75, 3.05) is 6.54 Å². The molecule has 0 atom stereocenters. The zero-order valence-electron chi connectivity index (χ0n) is 15.8. The Bertz CT molecular complexity index is 329. The highest BCUT2D eigenvalue weighted by atomic mass is 16.2. The predicted octanol–water partition coefficient (Wildman–Crippen LogP) is 5.12. The Labute approximate surface area is 148 Å². The summed E-state index contributed by atoms with van der Waals surface area (Å²) in [6, 6.07) is 0. The fourth-order valence-electron chi connectivity index (χ4n) is 3.26. The summed E-state index contributed by atoms with van der Waals surface area (Å²) in [5.41, 5.74) is 2.96. The average Bonchev–Trinajstić information content (AvgIpc) is 2.90. The number of carbonyl (C=O) groups excluding carboxylic acids is 2. The molecule has 140 valence electrons. The molecule has 0 unspecified atom stereocenters. The molecule has 4 heteroatoms. The molecule has 0 aromatic rings. The topological polar surface area (TPSA) is 49.4 Å². The van der Waals surface area contributed by atoms with Gasteiger partial charge in [0, 0.05) is 19.4 Å². The van der Waals surface area contributed by atoms with Crippen molar-refractivity contribution in [2.45, 2.75) is 110 Å². The number of amides is 2. The summed E-state index contributed by atoms with van der Waals surface area (Å²) >= 11 is 0. The van der Waals surface area contributed by atoms with Crippen molar-refractivity contribution in [2.24, 2.45) is 0 Å². The van der Waals surface area contributed by atoms with Crippen LogP contribution in [0.3, 0.4) is 0 Å². The molecule has 24 heavy (non-hydrogen) atoms. The number of hydrazine groups is 1. The lowest BCUT2D eigenvalue weighted by molar-refractivity contribution is -0.142. The first-order chi connectivity index (χ1) is 11.8. The molecule has 1 aliphatic heterocycles. The van der Waals surface area contributed by atoms with Gasteiger partial charge in [0.15, 0.2) is 0 Å². The number of nitrogens with one attached hydrogen (secondary N) is 1. The molecule has 1 saturated heterocycles. The van der Waals surface area contributed by atoms with E-state index in [4.69, 9.17) is 0 Å². The van der Waals surface area contributed by atoms with E-state index in [1.165, 1.54) is 88.5 Å². The van der Waals surface area contributed by atoms with Gasteiger partial charge in [-0.05, 0) is 6.42 Å². The maximum atomic E-state index is 11.4. The van der Waals surface area contributed by atoms with Crippen LogP contribution >= 0.6 is 0 Å². The lowest BCUT2D eigenvalue weighted by atomic mass is 10.0. The molecule has 1 N–H and O–H groups in total. The van der Waals surface area contributed by atoms with E-state index in [1.54, 1.807) is 0 Å². The molecule has 2 amide bonds. The number of hydrogen-bond donors (Lipinski definition) is 1. The first-order valence-electron chi connectivity index (χ1n) is 10.3. The molecule has 4 nitrogen and oxygen atoms in total. The van der Waals surface area contributed by atoms with Crippen LogP contribution in [0.25, 0.3) is 0 Å². The van der Waals surface area contributed by atoms with Gasteiger partial charge in [-0.15, -0.1) is 0 Å². The molecule has 0 aliphatic carbocycles. The minimum atomic E-state index is -0.0784. The van der Waals surface area contributed by atoms with Gasteiger partial charge < -0.3 is 0 Å². The SMILES string of the molecule is CCCCCCCCCCCCCCCCNN1C(=O)CCC1=O. The third kappa shape index (κ3) is 10.1. The highest BCUT2D eigenvalue weighted by Crippen LogP contribution is 2.13. The van der Waals surface area contributed by atoms with Crippen LogP contribution in [0.2, 0.25) is 0 Å². The Hall–Kier alpha value is -0.900. The van der Waals surface area contributed by atoms with E-state index in [2.05, 4.69) is 12.3 Å². The third-order valence-electron chi connectivity index (χ3n) is 4.85. The van der Waals surface area contributed by atoms with Gasteiger partial charge in [-0.3, -0.25) is 9.59 Å². The van der Waals surface area contributed by atoms with E-state index in [1.807, 2.05) is 0 Å². The number of carbonyl (C=O) groups is 2. The van der Waals surface area contributed by atoms with Crippen LogP contribution < -0.4 is 5.43 Å². The number of hydrogen-bond acceptors (Lipinski definition) is 3. The van der Waals surface area contributed by atoms with Crippen LogP contribution in [0.4, 0.5) is 0 Å². The van der Waals surface area contributed by atoms with Crippen LogP contribution in [0.5, 0.6) is 0 Å². The van der Waals surface area contributed by atoms with Gasteiger partial charge in [0.25, 0.3) is 0 Å². The van der Waals surface area contributed by atoms with Crippen molar-refractivity contribution >= 4 is 11.8 Å². The lowest BCUT2D eigenvalue weighted by Gasteiger charge is -2.14. The number of imide groups is 1. The second-order valence-corrected chi connectivity index (χ2v) is 7.13. The molecule has 1 fully saturated rings. The third-order valence-corrected chi connectivity index (χ3v) is 4.85. The van der Waals surface area contributed by atoms with Crippen molar-refractivity contribution < 1.29 is 9.59 Å². The monoisotopic (exact) mass is 338 g/mol. The van der Waals surface area contributed by atoms with Gasteiger partial charge in [-0.25, -0.2) is 10.4 Å². The summed E-state index contributed by atoms with van der Waals surface area (Å²) in [6.45, 7) is 3.00. The molecule has 0 spiro atoms. The zero-order valence-corrected chi connectivity index (χ0v) is 15.8. The van der Waals surface area contributed by atoms with Crippen LogP contribution in [0, 0.1) is 0 Å². The molecule has 0 aromatic carbocycles. The second kappa shape index (κ2) is 14.4. The van der Waals surface area contributed by atoms with E-state index >= 15 is 0 Å². The quantitative estimate of drug-likeness (QED) is 0.314. The smallest absolute Gasteiger partial charge is 0.244 e. The molecule has 1 heterocycles.